The standard InChI is InChI=1S/C16H16N2O2/c1-10-5-6-12(14(19)9-10)16(20)18-8-7-11-3-2-4-13(17)15(11)18/h2-6,9,19H,7-8,17H2,1H3. The van der Waals surface area contributed by atoms with Gasteiger partial charge in [0, 0.05) is 6.54 Å². The third kappa shape index (κ3) is 1.90. The zero-order chi connectivity index (χ0) is 14.3. The Bertz CT molecular complexity index is 695. The van der Waals surface area contributed by atoms with Gasteiger partial charge in [-0.3, -0.25) is 4.79 Å². The number of phenols is 1. The maximum Gasteiger partial charge on any atom is 0.262 e. The molecule has 0 saturated carbocycles. The Balaban J connectivity index is 2.02. The zero-order valence-corrected chi connectivity index (χ0v) is 11.3. The van der Waals surface area contributed by atoms with Gasteiger partial charge < -0.3 is 15.7 Å². The fraction of sp³-hybridized carbons (Fsp3) is 0.188. The van der Waals surface area contributed by atoms with E-state index in [1.165, 1.54) is 0 Å². The topological polar surface area (TPSA) is 66.6 Å². The minimum Gasteiger partial charge on any atom is -0.507 e. The van der Waals surface area contributed by atoms with E-state index in [2.05, 4.69) is 0 Å². The van der Waals surface area contributed by atoms with Crippen molar-refractivity contribution in [3.05, 3.63) is 53.1 Å². The molecule has 0 aliphatic carbocycles. The van der Waals surface area contributed by atoms with Crippen LogP contribution in [0.5, 0.6) is 5.75 Å². The summed E-state index contributed by atoms with van der Waals surface area (Å²) in [4.78, 5) is 14.3. The van der Waals surface area contributed by atoms with Gasteiger partial charge in [-0.1, -0.05) is 18.2 Å². The van der Waals surface area contributed by atoms with Crippen LogP contribution in [0.25, 0.3) is 0 Å². The predicted octanol–water partition coefficient (Wildman–Crippen LogP) is 2.49. The number of hydrogen-bond donors (Lipinski definition) is 2. The fourth-order valence-electron chi connectivity index (χ4n) is 2.66. The number of carbonyl (C=O) groups is 1. The zero-order valence-electron chi connectivity index (χ0n) is 11.3. The number of nitrogens with zero attached hydrogens (tertiary/aromatic N) is 1. The highest BCUT2D eigenvalue weighted by Crippen LogP contribution is 2.35. The largest absolute Gasteiger partial charge is 0.507 e. The van der Waals surface area contributed by atoms with Crippen LogP contribution >= 0.6 is 0 Å². The summed E-state index contributed by atoms with van der Waals surface area (Å²) in [6.07, 6.45) is 0.790. The number of hydrogen-bond acceptors (Lipinski definition) is 3. The maximum atomic E-state index is 12.6. The normalized spacial score (nSPS) is 13.3. The Labute approximate surface area is 117 Å². The molecule has 4 nitrogen and oxygen atoms in total. The van der Waals surface area contributed by atoms with Crippen molar-refractivity contribution in [1.29, 1.82) is 0 Å². The number of nitrogens with two attached hydrogens (primary N) is 1. The summed E-state index contributed by atoms with van der Waals surface area (Å²) in [6.45, 7) is 2.47. The Morgan fingerprint density at radius 3 is 2.85 bits per heavy atom. The summed E-state index contributed by atoms with van der Waals surface area (Å²) in [5.41, 5.74) is 9.66. The molecule has 1 aliphatic rings. The fourth-order valence-corrected chi connectivity index (χ4v) is 2.66. The molecule has 3 rings (SSSR count). The maximum absolute atomic E-state index is 12.6. The van der Waals surface area contributed by atoms with Crippen molar-refractivity contribution < 1.29 is 9.90 Å². The quantitative estimate of drug-likeness (QED) is 0.781. The third-order valence-electron chi connectivity index (χ3n) is 3.65. The van der Waals surface area contributed by atoms with Crippen molar-refractivity contribution in [3.8, 4) is 5.75 Å². The van der Waals surface area contributed by atoms with Gasteiger partial charge >= 0.3 is 0 Å². The van der Waals surface area contributed by atoms with Gasteiger partial charge in [-0.25, -0.2) is 0 Å². The summed E-state index contributed by atoms with van der Waals surface area (Å²) >= 11 is 0. The number of rotatable bonds is 1. The number of para-hydroxylation sites is 1. The van der Waals surface area contributed by atoms with Gasteiger partial charge in [0.25, 0.3) is 5.91 Å². The number of nitrogen functional groups attached to an aromatic ring is 1. The number of phenolic OH excluding ortho intramolecular Hbond substituents is 1. The van der Waals surface area contributed by atoms with Gasteiger partial charge in [-0.2, -0.15) is 0 Å². The number of aryl methyl sites for hydroxylation is 1. The highest BCUT2D eigenvalue weighted by molar-refractivity contribution is 6.10. The second-order valence-corrected chi connectivity index (χ2v) is 5.08. The Kier molecular flexibility index (Phi) is 2.86. The van der Waals surface area contributed by atoms with E-state index in [1.54, 1.807) is 23.1 Å². The van der Waals surface area contributed by atoms with Crippen LogP contribution in [0.15, 0.2) is 36.4 Å². The Morgan fingerprint density at radius 2 is 2.10 bits per heavy atom. The van der Waals surface area contributed by atoms with E-state index in [1.807, 2.05) is 25.1 Å². The predicted molar refractivity (Wildman–Crippen MR) is 79.1 cm³/mol. The van der Waals surface area contributed by atoms with Crippen molar-refractivity contribution >= 4 is 17.3 Å². The lowest BCUT2D eigenvalue weighted by Crippen LogP contribution is -2.29. The van der Waals surface area contributed by atoms with Gasteiger partial charge in [0.15, 0.2) is 0 Å². The molecule has 0 saturated heterocycles. The lowest BCUT2D eigenvalue weighted by molar-refractivity contribution is 0.0987. The molecule has 4 heteroatoms. The average molecular weight is 268 g/mol. The third-order valence-corrected chi connectivity index (χ3v) is 3.65. The Hall–Kier alpha value is -2.49. The van der Waals surface area contributed by atoms with Crippen LogP contribution in [0.1, 0.15) is 21.5 Å². The van der Waals surface area contributed by atoms with Crippen molar-refractivity contribution in [2.45, 2.75) is 13.3 Å². The monoisotopic (exact) mass is 268 g/mol. The summed E-state index contributed by atoms with van der Waals surface area (Å²) in [5.74, 6) is -0.197. The molecular formula is C16H16N2O2. The smallest absolute Gasteiger partial charge is 0.262 e. The summed E-state index contributed by atoms with van der Waals surface area (Å²) in [6, 6.07) is 10.7. The molecule has 20 heavy (non-hydrogen) atoms. The van der Waals surface area contributed by atoms with Crippen LogP contribution in [0, 0.1) is 6.92 Å². The molecular weight excluding hydrogens is 252 g/mol. The molecule has 2 aromatic carbocycles. The first kappa shape index (κ1) is 12.5. The van der Waals surface area contributed by atoms with Crippen molar-refractivity contribution in [2.24, 2.45) is 0 Å². The molecule has 0 bridgehead atoms. The van der Waals surface area contributed by atoms with Crippen LogP contribution in [0.4, 0.5) is 11.4 Å². The first-order chi connectivity index (χ1) is 9.58. The molecule has 1 heterocycles. The van der Waals surface area contributed by atoms with Crippen molar-refractivity contribution in [3.63, 3.8) is 0 Å². The molecule has 0 spiro atoms. The van der Waals surface area contributed by atoms with Crippen LogP contribution in [-0.2, 0) is 6.42 Å². The van der Waals surface area contributed by atoms with E-state index in [4.69, 9.17) is 5.73 Å². The highest BCUT2D eigenvalue weighted by atomic mass is 16.3. The molecule has 0 radical (unpaired) electrons. The number of benzene rings is 2. The van der Waals surface area contributed by atoms with Gasteiger partial charge in [0.2, 0.25) is 0 Å². The first-order valence-corrected chi connectivity index (χ1v) is 6.57. The molecule has 0 aromatic heterocycles. The van der Waals surface area contributed by atoms with Gasteiger partial charge in [0.05, 0.1) is 16.9 Å². The lowest BCUT2D eigenvalue weighted by Gasteiger charge is -2.19. The van der Waals surface area contributed by atoms with Gasteiger partial charge in [-0.15, -0.1) is 0 Å². The summed E-state index contributed by atoms with van der Waals surface area (Å²) < 4.78 is 0. The molecule has 2 aromatic rings. The highest BCUT2D eigenvalue weighted by Gasteiger charge is 2.28. The lowest BCUT2D eigenvalue weighted by atomic mass is 10.1. The van der Waals surface area contributed by atoms with E-state index in [0.717, 1.165) is 23.2 Å². The number of fused-ring (bicyclic) bond motifs is 1. The molecule has 1 amide bonds. The average Bonchev–Trinajstić information content (AvgIpc) is 2.83. The van der Waals surface area contributed by atoms with Gasteiger partial charge in [-0.05, 0) is 42.7 Å². The molecule has 3 N–H and O–H groups in total. The number of anilines is 2. The molecule has 1 aliphatic heterocycles. The van der Waals surface area contributed by atoms with Crippen LogP contribution in [0.2, 0.25) is 0 Å². The van der Waals surface area contributed by atoms with Crippen LogP contribution in [-0.4, -0.2) is 17.6 Å². The number of carbonyl (C=O) groups excluding carboxylic acids is 1. The van der Waals surface area contributed by atoms with Gasteiger partial charge in [0.1, 0.15) is 5.75 Å². The number of aromatic hydroxyl groups is 1. The molecule has 0 fully saturated rings. The first-order valence-electron chi connectivity index (χ1n) is 6.57. The van der Waals surface area contributed by atoms with E-state index < -0.39 is 0 Å². The SMILES string of the molecule is Cc1ccc(C(=O)N2CCc3cccc(N)c32)c(O)c1. The molecule has 102 valence electrons. The second-order valence-electron chi connectivity index (χ2n) is 5.08. The minimum absolute atomic E-state index is 0.0120. The molecule has 0 atom stereocenters. The van der Waals surface area contributed by atoms with E-state index in [0.29, 0.717) is 17.8 Å². The Morgan fingerprint density at radius 1 is 1.30 bits per heavy atom. The summed E-state index contributed by atoms with van der Waals surface area (Å²) in [7, 11) is 0. The summed E-state index contributed by atoms with van der Waals surface area (Å²) in [5, 5.41) is 9.96. The number of amides is 1. The van der Waals surface area contributed by atoms with Crippen molar-refractivity contribution in [2.75, 3.05) is 17.2 Å². The van der Waals surface area contributed by atoms with Crippen LogP contribution < -0.4 is 10.6 Å². The molecule has 0 unspecified atom stereocenters. The van der Waals surface area contributed by atoms with E-state index in [-0.39, 0.29) is 11.7 Å². The second kappa shape index (κ2) is 4.56. The minimum atomic E-state index is -0.209. The van der Waals surface area contributed by atoms with E-state index >= 15 is 0 Å². The van der Waals surface area contributed by atoms with Crippen LogP contribution in [0.3, 0.4) is 0 Å². The van der Waals surface area contributed by atoms with E-state index in [9.17, 15) is 9.90 Å². The van der Waals surface area contributed by atoms with Crippen molar-refractivity contribution in [1.82, 2.24) is 0 Å².